The van der Waals surface area contributed by atoms with E-state index in [4.69, 9.17) is 9.47 Å². The molecule has 0 radical (unpaired) electrons. The molecule has 0 spiro atoms. The highest BCUT2D eigenvalue weighted by Crippen LogP contribution is 2.31. The molecule has 1 N–H and O–H groups in total. The summed E-state index contributed by atoms with van der Waals surface area (Å²) in [6.07, 6.45) is 2.04. The molecule has 2 atom stereocenters. The SMILES string of the molecule is CC.CCOc1cc(C(CSC)NS(=O)C(C)(C)C)ccc1OC. The van der Waals surface area contributed by atoms with Gasteiger partial charge in [-0.25, -0.2) is 8.93 Å². The summed E-state index contributed by atoms with van der Waals surface area (Å²) < 4.78 is 26.3. The van der Waals surface area contributed by atoms with Gasteiger partial charge in [-0.05, 0) is 51.6 Å². The van der Waals surface area contributed by atoms with Crippen molar-refractivity contribution in [2.24, 2.45) is 0 Å². The minimum atomic E-state index is -1.12. The number of rotatable bonds is 8. The molecule has 0 fully saturated rings. The van der Waals surface area contributed by atoms with Gasteiger partial charge >= 0.3 is 0 Å². The van der Waals surface area contributed by atoms with E-state index in [0.717, 1.165) is 17.1 Å². The van der Waals surface area contributed by atoms with Crippen LogP contribution in [-0.2, 0) is 11.0 Å². The van der Waals surface area contributed by atoms with E-state index in [2.05, 4.69) is 4.72 Å². The van der Waals surface area contributed by atoms with E-state index in [1.807, 2.05) is 66.0 Å². The lowest BCUT2D eigenvalue weighted by Crippen LogP contribution is -2.36. The van der Waals surface area contributed by atoms with Crippen molar-refractivity contribution in [1.29, 1.82) is 0 Å². The van der Waals surface area contributed by atoms with Crippen LogP contribution in [0.2, 0.25) is 0 Å². The van der Waals surface area contributed by atoms with Gasteiger partial charge in [0, 0.05) is 5.75 Å². The maximum atomic E-state index is 12.4. The Morgan fingerprint density at radius 2 is 1.88 bits per heavy atom. The average Bonchev–Trinajstić information content (AvgIpc) is 2.55. The van der Waals surface area contributed by atoms with Gasteiger partial charge in [-0.1, -0.05) is 19.9 Å². The highest BCUT2D eigenvalue weighted by molar-refractivity contribution is 7.98. The van der Waals surface area contributed by atoms with Crippen molar-refractivity contribution in [2.75, 3.05) is 25.7 Å². The number of benzene rings is 1. The summed E-state index contributed by atoms with van der Waals surface area (Å²) in [5, 5.41) is 0. The molecule has 0 saturated heterocycles. The van der Waals surface area contributed by atoms with Crippen LogP contribution in [0.15, 0.2) is 18.2 Å². The van der Waals surface area contributed by atoms with Gasteiger partial charge in [0.2, 0.25) is 0 Å². The maximum Gasteiger partial charge on any atom is 0.161 e. The second-order valence-electron chi connectivity index (χ2n) is 5.85. The predicted molar refractivity (Wildman–Crippen MR) is 108 cm³/mol. The third-order valence-corrected chi connectivity index (χ3v) is 5.31. The Hall–Kier alpha value is -0.720. The van der Waals surface area contributed by atoms with Gasteiger partial charge in [0.05, 0.1) is 35.5 Å². The lowest BCUT2D eigenvalue weighted by molar-refractivity contribution is 0.310. The summed E-state index contributed by atoms with van der Waals surface area (Å²) in [5.74, 6) is 2.27. The lowest BCUT2D eigenvalue weighted by Gasteiger charge is -2.24. The summed E-state index contributed by atoms with van der Waals surface area (Å²) in [4.78, 5) is 0. The molecule has 24 heavy (non-hydrogen) atoms. The van der Waals surface area contributed by atoms with Crippen molar-refractivity contribution < 1.29 is 13.7 Å². The summed E-state index contributed by atoms with van der Waals surface area (Å²) in [6.45, 7) is 12.4. The largest absolute Gasteiger partial charge is 0.493 e. The molecule has 0 aliphatic heterocycles. The molecular weight excluding hydrogens is 342 g/mol. The molecule has 6 heteroatoms. The number of hydrogen-bond acceptors (Lipinski definition) is 4. The minimum absolute atomic E-state index is 0.000158. The van der Waals surface area contributed by atoms with Crippen molar-refractivity contribution in [2.45, 2.75) is 52.3 Å². The van der Waals surface area contributed by atoms with E-state index in [1.54, 1.807) is 18.9 Å². The molecule has 0 bridgehead atoms. The molecule has 0 amide bonds. The Labute approximate surface area is 154 Å². The van der Waals surface area contributed by atoms with Crippen molar-refractivity contribution in [3.05, 3.63) is 23.8 Å². The van der Waals surface area contributed by atoms with Crippen LogP contribution in [0.5, 0.6) is 11.5 Å². The second kappa shape index (κ2) is 11.8. The molecule has 0 aromatic heterocycles. The Bertz CT molecular complexity index is 502. The molecule has 0 aliphatic rings. The van der Waals surface area contributed by atoms with Crippen LogP contribution < -0.4 is 14.2 Å². The van der Waals surface area contributed by atoms with E-state index >= 15 is 0 Å². The fraction of sp³-hybridized carbons (Fsp3) is 0.667. The lowest BCUT2D eigenvalue weighted by atomic mass is 10.1. The van der Waals surface area contributed by atoms with Gasteiger partial charge in [0.1, 0.15) is 0 Å². The van der Waals surface area contributed by atoms with E-state index in [-0.39, 0.29) is 10.8 Å². The summed E-state index contributed by atoms with van der Waals surface area (Å²) in [6, 6.07) is 5.86. The second-order valence-corrected chi connectivity index (χ2v) is 8.76. The van der Waals surface area contributed by atoms with Crippen molar-refractivity contribution >= 4 is 22.7 Å². The van der Waals surface area contributed by atoms with Gasteiger partial charge in [0.15, 0.2) is 11.5 Å². The Morgan fingerprint density at radius 1 is 1.25 bits per heavy atom. The zero-order chi connectivity index (χ0) is 18.8. The van der Waals surface area contributed by atoms with Crippen molar-refractivity contribution in [1.82, 2.24) is 4.72 Å². The number of ether oxygens (including phenoxy) is 2. The summed E-state index contributed by atoms with van der Waals surface area (Å²) in [7, 11) is 0.507. The van der Waals surface area contributed by atoms with Gasteiger partial charge in [-0.15, -0.1) is 0 Å². The number of nitrogens with one attached hydrogen (secondary N) is 1. The van der Waals surface area contributed by atoms with Crippen LogP contribution in [0.1, 0.15) is 53.1 Å². The third-order valence-electron chi connectivity index (χ3n) is 3.03. The van der Waals surface area contributed by atoms with Crippen LogP contribution in [0, 0.1) is 0 Å². The zero-order valence-electron chi connectivity index (χ0n) is 16.3. The molecule has 4 nitrogen and oxygen atoms in total. The topological polar surface area (TPSA) is 47.6 Å². The molecule has 1 rings (SSSR count). The predicted octanol–water partition coefficient (Wildman–Crippen LogP) is 4.58. The molecule has 2 unspecified atom stereocenters. The van der Waals surface area contributed by atoms with E-state index in [0.29, 0.717) is 12.4 Å². The number of thioether (sulfide) groups is 1. The van der Waals surface area contributed by atoms with Crippen molar-refractivity contribution in [3.63, 3.8) is 0 Å². The summed E-state index contributed by atoms with van der Waals surface area (Å²) in [5.41, 5.74) is 1.05. The number of hydrogen-bond donors (Lipinski definition) is 1. The molecular formula is C18H33NO3S2. The highest BCUT2D eigenvalue weighted by atomic mass is 32.2. The average molecular weight is 376 g/mol. The maximum absolute atomic E-state index is 12.4. The van der Waals surface area contributed by atoms with Gasteiger partial charge < -0.3 is 9.47 Å². The first-order chi connectivity index (χ1) is 11.3. The van der Waals surface area contributed by atoms with Gasteiger partial charge in [0.25, 0.3) is 0 Å². The molecule has 140 valence electrons. The minimum Gasteiger partial charge on any atom is -0.493 e. The first-order valence-corrected chi connectivity index (χ1v) is 10.9. The quantitative estimate of drug-likeness (QED) is 0.723. The normalized spacial score (nSPS) is 13.5. The van der Waals surface area contributed by atoms with E-state index in [1.165, 1.54) is 0 Å². The summed E-state index contributed by atoms with van der Waals surface area (Å²) >= 11 is 1.72. The fourth-order valence-electron chi connectivity index (χ4n) is 1.85. The van der Waals surface area contributed by atoms with Crippen LogP contribution in [0.3, 0.4) is 0 Å². The first kappa shape index (κ1) is 23.3. The third kappa shape index (κ3) is 7.45. The van der Waals surface area contributed by atoms with Crippen molar-refractivity contribution in [3.8, 4) is 11.5 Å². The van der Waals surface area contributed by atoms with Crippen LogP contribution in [0.25, 0.3) is 0 Å². The zero-order valence-corrected chi connectivity index (χ0v) is 17.9. The van der Waals surface area contributed by atoms with E-state index in [9.17, 15) is 4.21 Å². The highest BCUT2D eigenvalue weighted by Gasteiger charge is 2.24. The number of methoxy groups -OCH3 is 1. The van der Waals surface area contributed by atoms with Crippen LogP contribution >= 0.6 is 11.8 Å². The van der Waals surface area contributed by atoms with Crippen LogP contribution in [-0.4, -0.2) is 34.7 Å². The van der Waals surface area contributed by atoms with Crippen LogP contribution in [0.4, 0.5) is 0 Å². The first-order valence-electron chi connectivity index (χ1n) is 8.31. The standard InChI is InChI=1S/C16H27NO3S2.C2H6/c1-7-20-15-10-12(8-9-14(15)19-5)13(11-21-6)17-22(18)16(2,3)4;1-2/h8-10,13,17H,7,11H2,1-6H3;1-2H3. The smallest absolute Gasteiger partial charge is 0.161 e. The molecule has 1 aromatic carbocycles. The Balaban J connectivity index is 0.00000254. The molecule has 0 saturated carbocycles. The Morgan fingerprint density at radius 3 is 2.33 bits per heavy atom. The molecule has 1 aromatic rings. The monoisotopic (exact) mass is 375 g/mol. The molecule has 0 heterocycles. The van der Waals surface area contributed by atoms with E-state index < -0.39 is 11.0 Å². The fourth-order valence-corrected chi connectivity index (χ4v) is 3.40. The molecule has 0 aliphatic carbocycles. The van der Waals surface area contributed by atoms with Gasteiger partial charge in [-0.3, -0.25) is 0 Å². The van der Waals surface area contributed by atoms with Gasteiger partial charge in [-0.2, -0.15) is 11.8 Å². The Kier molecular flexibility index (Phi) is 11.4.